The number of amides is 1. The monoisotopic (exact) mass is 387 g/mol. The topological polar surface area (TPSA) is 85.6 Å². The maximum atomic E-state index is 12.5. The number of carbonyl (C=O) groups is 1. The molecule has 140 valence electrons. The minimum Gasteiger partial charge on any atom is -0.495 e. The lowest BCUT2D eigenvalue weighted by molar-refractivity contribution is 0.102. The molecule has 2 aromatic heterocycles. The summed E-state index contributed by atoms with van der Waals surface area (Å²) in [5.41, 5.74) is 1.47. The molecule has 0 atom stereocenters. The van der Waals surface area contributed by atoms with Crippen LogP contribution in [0, 0.1) is 0 Å². The first-order valence-corrected chi connectivity index (χ1v) is 8.43. The van der Waals surface area contributed by atoms with E-state index in [0.29, 0.717) is 28.8 Å². The number of carbonyl (C=O) groups excluding carboxylic acids is 1. The second-order valence-corrected chi connectivity index (χ2v) is 5.91. The lowest BCUT2D eigenvalue weighted by Crippen LogP contribution is -2.14. The summed E-state index contributed by atoms with van der Waals surface area (Å²) in [6, 6.07) is 10.3. The molecule has 0 bridgehead atoms. The Hall–Kier alpha value is -3.19. The summed E-state index contributed by atoms with van der Waals surface area (Å²) >= 11 is 6.07. The zero-order valence-corrected chi connectivity index (χ0v) is 15.5. The van der Waals surface area contributed by atoms with E-state index in [1.807, 2.05) is 12.1 Å². The van der Waals surface area contributed by atoms with Crippen molar-refractivity contribution in [2.45, 2.75) is 6.54 Å². The van der Waals surface area contributed by atoms with Gasteiger partial charge in [-0.15, -0.1) is 0 Å². The molecule has 0 aliphatic carbocycles. The summed E-state index contributed by atoms with van der Waals surface area (Å²) in [7, 11) is 2.99. The predicted molar refractivity (Wildman–Crippen MR) is 103 cm³/mol. The third kappa shape index (κ3) is 4.51. The number of methoxy groups -OCH3 is 2. The molecule has 0 fully saturated rings. The highest BCUT2D eigenvalue weighted by atomic mass is 35.5. The largest absolute Gasteiger partial charge is 0.495 e. The molecule has 7 nitrogen and oxygen atoms in total. The van der Waals surface area contributed by atoms with E-state index in [-0.39, 0.29) is 11.6 Å². The van der Waals surface area contributed by atoms with Crippen LogP contribution in [0.4, 0.5) is 11.4 Å². The van der Waals surface area contributed by atoms with Gasteiger partial charge in [0.1, 0.15) is 23.0 Å². The fourth-order valence-corrected chi connectivity index (χ4v) is 2.61. The standard InChI is InChI=1S/C19H18ClN3O4/c1-25-17-9-16(18(26-2)8-14(17)20)23-19(24)15-6-5-12(10-22-15)21-11-13-4-3-7-27-13/h3-10,21H,11H2,1-2H3,(H,23,24). The van der Waals surface area contributed by atoms with E-state index in [0.717, 1.165) is 11.4 Å². The highest BCUT2D eigenvalue weighted by molar-refractivity contribution is 6.32. The van der Waals surface area contributed by atoms with Crippen molar-refractivity contribution in [3.05, 3.63) is 65.3 Å². The summed E-state index contributed by atoms with van der Waals surface area (Å²) in [6.45, 7) is 0.530. The summed E-state index contributed by atoms with van der Waals surface area (Å²) in [5.74, 6) is 1.28. The second-order valence-electron chi connectivity index (χ2n) is 5.51. The second kappa shape index (κ2) is 8.46. The average molecular weight is 388 g/mol. The molecule has 0 spiro atoms. The van der Waals surface area contributed by atoms with Gasteiger partial charge < -0.3 is 24.5 Å². The predicted octanol–water partition coefficient (Wildman–Crippen LogP) is 4.21. The van der Waals surface area contributed by atoms with Gasteiger partial charge in [-0.1, -0.05) is 11.6 Å². The number of pyridine rings is 1. The maximum Gasteiger partial charge on any atom is 0.274 e. The van der Waals surface area contributed by atoms with Gasteiger partial charge >= 0.3 is 0 Å². The first-order chi connectivity index (χ1) is 13.1. The van der Waals surface area contributed by atoms with Gasteiger partial charge in [0.15, 0.2) is 0 Å². The van der Waals surface area contributed by atoms with Crippen molar-refractivity contribution in [2.75, 3.05) is 24.9 Å². The van der Waals surface area contributed by atoms with E-state index in [1.54, 1.807) is 36.7 Å². The van der Waals surface area contributed by atoms with Gasteiger partial charge in [0.25, 0.3) is 5.91 Å². The van der Waals surface area contributed by atoms with Gasteiger partial charge in [0, 0.05) is 12.1 Å². The third-order valence-corrected chi connectivity index (χ3v) is 4.06. The molecule has 3 rings (SSSR count). The van der Waals surface area contributed by atoms with Crippen molar-refractivity contribution in [3.8, 4) is 11.5 Å². The summed E-state index contributed by atoms with van der Waals surface area (Å²) < 4.78 is 15.7. The Labute approximate surface area is 161 Å². The number of rotatable bonds is 7. The van der Waals surface area contributed by atoms with Crippen LogP contribution in [0.3, 0.4) is 0 Å². The van der Waals surface area contributed by atoms with Crippen LogP contribution in [0.15, 0.2) is 53.3 Å². The fraction of sp³-hybridized carbons (Fsp3) is 0.158. The van der Waals surface area contributed by atoms with E-state index in [4.69, 9.17) is 25.5 Å². The van der Waals surface area contributed by atoms with Crippen molar-refractivity contribution >= 4 is 28.9 Å². The number of ether oxygens (including phenoxy) is 2. The molecule has 0 aliphatic rings. The Kier molecular flexibility index (Phi) is 5.83. The van der Waals surface area contributed by atoms with Crippen LogP contribution < -0.4 is 20.1 Å². The molecule has 0 saturated carbocycles. The number of nitrogens with zero attached hydrogens (tertiary/aromatic N) is 1. The van der Waals surface area contributed by atoms with E-state index in [9.17, 15) is 4.79 Å². The number of aromatic nitrogens is 1. The highest BCUT2D eigenvalue weighted by Gasteiger charge is 2.14. The molecule has 2 N–H and O–H groups in total. The van der Waals surface area contributed by atoms with Crippen LogP contribution in [-0.4, -0.2) is 25.1 Å². The van der Waals surface area contributed by atoms with Crippen LogP contribution in [0.5, 0.6) is 11.5 Å². The van der Waals surface area contributed by atoms with Crippen molar-refractivity contribution in [1.29, 1.82) is 0 Å². The minimum atomic E-state index is -0.379. The van der Waals surface area contributed by atoms with E-state index in [1.165, 1.54) is 14.2 Å². The van der Waals surface area contributed by atoms with Crippen LogP contribution in [-0.2, 0) is 6.54 Å². The van der Waals surface area contributed by atoms with Crippen LogP contribution in [0.25, 0.3) is 0 Å². The molecule has 1 aromatic carbocycles. The molecule has 0 unspecified atom stereocenters. The smallest absolute Gasteiger partial charge is 0.274 e. The lowest BCUT2D eigenvalue weighted by atomic mass is 10.2. The van der Waals surface area contributed by atoms with Crippen molar-refractivity contribution in [1.82, 2.24) is 4.98 Å². The summed E-state index contributed by atoms with van der Waals surface area (Å²) in [6.07, 6.45) is 3.19. The Morgan fingerprint density at radius 2 is 2.00 bits per heavy atom. The van der Waals surface area contributed by atoms with Crippen LogP contribution >= 0.6 is 11.6 Å². The Morgan fingerprint density at radius 3 is 2.63 bits per heavy atom. The lowest BCUT2D eigenvalue weighted by Gasteiger charge is -2.13. The molecular formula is C19H18ClN3O4. The van der Waals surface area contributed by atoms with Crippen molar-refractivity contribution in [3.63, 3.8) is 0 Å². The Morgan fingerprint density at radius 1 is 1.19 bits per heavy atom. The van der Waals surface area contributed by atoms with Crippen molar-refractivity contribution < 1.29 is 18.7 Å². The van der Waals surface area contributed by atoms with E-state index >= 15 is 0 Å². The van der Waals surface area contributed by atoms with Gasteiger partial charge in [0.2, 0.25) is 0 Å². The molecule has 27 heavy (non-hydrogen) atoms. The molecule has 0 saturated heterocycles. The molecule has 1 amide bonds. The number of anilines is 2. The van der Waals surface area contributed by atoms with Gasteiger partial charge in [-0.3, -0.25) is 4.79 Å². The molecule has 3 aromatic rings. The number of benzene rings is 1. The Balaban J connectivity index is 1.69. The van der Waals surface area contributed by atoms with E-state index in [2.05, 4.69) is 15.6 Å². The van der Waals surface area contributed by atoms with Crippen LogP contribution in [0.1, 0.15) is 16.2 Å². The van der Waals surface area contributed by atoms with Crippen LogP contribution in [0.2, 0.25) is 5.02 Å². The molecule has 0 aliphatic heterocycles. The van der Waals surface area contributed by atoms with Gasteiger partial charge in [0.05, 0.1) is 49.6 Å². The first-order valence-electron chi connectivity index (χ1n) is 8.06. The number of hydrogen-bond donors (Lipinski definition) is 2. The molecule has 2 heterocycles. The normalized spacial score (nSPS) is 10.3. The number of hydrogen-bond acceptors (Lipinski definition) is 6. The SMILES string of the molecule is COc1cc(NC(=O)c2ccc(NCc3ccco3)cn2)c(OC)cc1Cl. The van der Waals surface area contributed by atoms with E-state index < -0.39 is 0 Å². The number of nitrogens with one attached hydrogen (secondary N) is 2. The molecule has 0 radical (unpaired) electrons. The number of halogens is 1. The molecular weight excluding hydrogens is 370 g/mol. The van der Waals surface area contributed by atoms with Gasteiger partial charge in [-0.25, -0.2) is 4.98 Å². The summed E-state index contributed by atoms with van der Waals surface area (Å²) in [5, 5.41) is 6.30. The zero-order chi connectivity index (χ0) is 19.2. The molecule has 8 heteroatoms. The average Bonchev–Trinajstić information content (AvgIpc) is 3.21. The minimum absolute atomic E-state index is 0.259. The van der Waals surface area contributed by atoms with Crippen molar-refractivity contribution in [2.24, 2.45) is 0 Å². The highest BCUT2D eigenvalue weighted by Crippen LogP contribution is 2.36. The maximum absolute atomic E-state index is 12.5. The summed E-state index contributed by atoms with van der Waals surface area (Å²) in [4.78, 5) is 16.7. The quantitative estimate of drug-likeness (QED) is 0.631. The Bertz CT molecular complexity index is 911. The number of furan rings is 1. The first kappa shape index (κ1) is 18.6. The van der Waals surface area contributed by atoms with Gasteiger partial charge in [-0.05, 0) is 24.3 Å². The zero-order valence-electron chi connectivity index (χ0n) is 14.8. The fourth-order valence-electron chi connectivity index (χ4n) is 2.38. The van der Waals surface area contributed by atoms with Gasteiger partial charge in [-0.2, -0.15) is 0 Å². The third-order valence-electron chi connectivity index (χ3n) is 3.77.